The van der Waals surface area contributed by atoms with Gasteiger partial charge in [0, 0.05) is 7.11 Å². The largest absolute Gasteiger partial charge is 0.400 e. The van der Waals surface area contributed by atoms with Crippen LogP contribution in [0.4, 0.5) is 0 Å². The minimum Gasteiger partial charge on any atom is -0.400 e. The van der Waals surface area contributed by atoms with Gasteiger partial charge in [-0.25, -0.2) is 0 Å². The van der Waals surface area contributed by atoms with Crippen LogP contribution in [0, 0.1) is 6.92 Å². The lowest BCUT2D eigenvalue weighted by molar-refractivity contribution is 0.399. The third-order valence-corrected chi connectivity index (χ3v) is 2.56. The van der Waals surface area contributed by atoms with Gasteiger partial charge in [-0.3, -0.25) is 0 Å². The predicted molar refractivity (Wildman–Crippen MR) is 72.6 cm³/mol. The van der Waals surface area contributed by atoms with Crippen LogP contribution in [-0.2, 0) is 6.42 Å². The van der Waals surface area contributed by atoms with Crippen LogP contribution >= 0.6 is 0 Å². The molecular formula is C15H24O. The van der Waals surface area contributed by atoms with Gasteiger partial charge < -0.3 is 5.11 Å². The van der Waals surface area contributed by atoms with Crippen molar-refractivity contribution < 1.29 is 5.11 Å². The Balaban J connectivity index is 0.000000509. The van der Waals surface area contributed by atoms with E-state index in [2.05, 4.69) is 38.1 Å². The van der Waals surface area contributed by atoms with Crippen molar-refractivity contribution in [3.63, 3.8) is 0 Å². The minimum absolute atomic E-state index is 1.00. The lowest BCUT2D eigenvalue weighted by Crippen LogP contribution is -1.84. The van der Waals surface area contributed by atoms with E-state index in [0.717, 1.165) is 20.0 Å². The fraction of sp³-hybridized carbons (Fsp3) is 0.467. The molecule has 1 aliphatic rings. The zero-order valence-corrected chi connectivity index (χ0v) is 11.2. The third-order valence-electron chi connectivity index (χ3n) is 2.56. The molecule has 1 aromatic carbocycles. The van der Waals surface area contributed by atoms with Gasteiger partial charge in [-0.2, -0.15) is 0 Å². The van der Waals surface area contributed by atoms with Crippen molar-refractivity contribution in [1.82, 2.24) is 0 Å². The number of fused-ring (bicyclic) bond motifs is 1. The number of hydrogen-bond acceptors (Lipinski definition) is 1. The average molecular weight is 220 g/mol. The minimum atomic E-state index is 1.00. The molecule has 1 aromatic rings. The number of benzene rings is 1. The highest BCUT2D eigenvalue weighted by molar-refractivity contribution is 5.73. The number of aliphatic hydroxyl groups is 1. The van der Waals surface area contributed by atoms with E-state index in [9.17, 15) is 0 Å². The molecule has 1 aliphatic carbocycles. The maximum absolute atomic E-state index is 7.00. The van der Waals surface area contributed by atoms with E-state index in [1.54, 1.807) is 0 Å². The monoisotopic (exact) mass is 220 g/mol. The van der Waals surface area contributed by atoms with E-state index in [4.69, 9.17) is 5.11 Å². The summed E-state index contributed by atoms with van der Waals surface area (Å²) in [6.07, 6.45) is 4.65. The zero-order chi connectivity index (χ0) is 12.6. The predicted octanol–water partition coefficient (Wildman–Crippen LogP) is 3.98. The first-order valence-electron chi connectivity index (χ1n) is 6.05. The molecule has 16 heavy (non-hydrogen) atoms. The summed E-state index contributed by atoms with van der Waals surface area (Å²) in [6.45, 7) is 8.38. The van der Waals surface area contributed by atoms with Gasteiger partial charge >= 0.3 is 0 Å². The van der Waals surface area contributed by atoms with Crippen molar-refractivity contribution in [3.05, 3.63) is 41.0 Å². The van der Waals surface area contributed by atoms with Crippen molar-refractivity contribution in [1.29, 1.82) is 0 Å². The van der Waals surface area contributed by atoms with Crippen LogP contribution in [-0.4, -0.2) is 12.2 Å². The third kappa shape index (κ3) is 3.49. The van der Waals surface area contributed by atoms with Crippen molar-refractivity contribution in [2.45, 2.75) is 40.5 Å². The number of rotatable bonds is 1. The molecule has 2 rings (SSSR count). The molecule has 0 aliphatic heterocycles. The number of hydrogen-bond donors (Lipinski definition) is 1. The first-order chi connectivity index (χ1) is 7.81. The molecule has 0 spiro atoms. The normalized spacial score (nSPS) is 11.5. The van der Waals surface area contributed by atoms with E-state index in [1.165, 1.54) is 22.3 Å². The van der Waals surface area contributed by atoms with Gasteiger partial charge in [0.15, 0.2) is 0 Å². The summed E-state index contributed by atoms with van der Waals surface area (Å²) in [4.78, 5) is 0. The maximum Gasteiger partial charge on any atom is 0.0319 e. The summed E-state index contributed by atoms with van der Waals surface area (Å²) < 4.78 is 0. The molecule has 1 N–H and O–H groups in total. The maximum atomic E-state index is 7.00. The summed E-state index contributed by atoms with van der Waals surface area (Å²) in [5, 5.41) is 7.00. The summed E-state index contributed by atoms with van der Waals surface area (Å²) in [6, 6.07) is 6.76. The Bertz CT molecular complexity index is 337. The fourth-order valence-corrected chi connectivity index (χ4v) is 1.88. The van der Waals surface area contributed by atoms with Gasteiger partial charge in [0.2, 0.25) is 0 Å². The van der Waals surface area contributed by atoms with E-state index in [0.29, 0.717) is 0 Å². The summed E-state index contributed by atoms with van der Waals surface area (Å²) >= 11 is 0. The van der Waals surface area contributed by atoms with E-state index in [1.807, 2.05) is 13.8 Å². The van der Waals surface area contributed by atoms with Crippen LogP contribution in [0.1, 0.15) is 43.9 Å². The van der Waals surface area contributed by atoms with Gasteiger partial charge in [0.1, 0.15) is 0 Å². The van der Waals surface area contributed by atoms with Crippen molar-refractivity contribution in [2.24, 2.45) is 0 Å². The van der Waals surface area contributed by atoms with Gasteiger partial charge in [-0.1, -0.05) is 50.6 Å². The highest BCUT2D eigenvalue weighted by Crippen LogP contribution is 2.29. The van der Waals surface area contributed by atoms with Gasteiger partial charge in [0.25, 0.3) is 0 Å². The Morgan fingerprint density at radius 2 is 1.81 bits per heavy atom. The SMILES string of the molecule is CC.CCC1=CCc2cc(C)ccc21.CO. The van der Waals surface area contributed by atoms with Crippen LogP contribution in [0.2, 0.25) is 0 Å². The number of aliphatic hydroxyl groups excluding tert-OH is 1. The molecule has 0 atom stereocenters. The summed E-state index contributed by atoms with van der Waals surface area (Å²) in [5.41, 5.74) is 5.87. The molecule has 0 heterocycles. The first-order valence-corrected chi connectivity index (χ1v) is 6.05. The molecule has 90 valence electrons. The van der Waals surface area contributed by atoms with Gasteiger partial charge in [0.05, 0.1) is 0 Å². The summed E-state index contributed by atoms with van der Waals surface area (Å²) in [5.74, 6) is 0. The van der Waals surface area contributed by atoms with E-state index >= 15 is 0 Å². The molecule has 0 radical (unpaired) electrons. The second kappa shape index (κ2) is 8.12. The molecule has 0 amide bonds. The Hall–Kier alpha value is -1.08. The van der Waals surface area contributed by atoms with E-state index in [-0.39, 0.29) is 0 Å². The molecule has 0 fully saturated rings. The highest BCUT2D eigenvalue weighted by atomic mass is 16.2. The molecule has 0 saturated carbocycles. The Morgan fingerprint density at radius 1 is 1.19 bits per heavy atom. The molecule has 1 heteroatoms. The number of aryl methyl sites for hydroxylation is 1. The fourth-order valence-electron chi connectivity index (χ4n) is 1.88. The number of allylic oxidation sites excluding steroid dienone is 2. The lowest BCUT2D eigenvalue weighted by Gasteiger charge is -2.03. The van der Waals surface area contributed by atoms with Crippen molar-refractivity contribution >= 4 is 5.57 Å². The smallest absolute Gasteiger partial charge is 0.0319 e. The summed E-state index contributed by atoms with van der Waals surface area (Å²) in [7, 11) is 1.00. The Labute approximate surface area is 99.8 Å². The molecule has 0 unspecified atom stereocenters. The molecule has 1 nitrogen and oxygen atoms in total. The standard InChI is InChI=1S/C12H14.C2H6.CH4O/c1-3-10-5-6-11-8-9(2)4-7-12(10)11;2*1-2/h4-5,7-8H,3,6H2,1-2H3;1-2H3;2H,1H3. The van der Waals surface area contributed by atoms with Crippen LogP contribution < -0.4 is 0 Å². The van der Waals surface area contributed by atoms with Crippen molar-refractivity contribution in [2.75, 3.05) is 7.11 Å². The lowest BCUT2D eigenvalue weighted by atomic mass is 10.0. The second-order valence-electron chi connectivity index (χ2n) is 3.45. The molecule has 0 saturated heterocycles. The molecule has 0 aromatic heterocycles. The van der Waals surface area contributed by atoms with Crippen LogP contribution in [0.25, 0.3) is 5.57 Å². The van der Waals surface area contributed by atoms with Crippen molar-refractivity contribution in [3.8, 4) is 0 Å². The van der Waals surface area contributed by atoms with Crippen LogP contribution in [0.5, 0.6) is 0 Å². The van der Waals surface area contributed by atoms with Crippen LogP contribution in [0.15, 0.2) is 24.3 Å². The Morgan fingerprint density at radius 3 is 2.38 bits per heavy atom. The van der Waals surface area contributed by atoms with Gasteiger partial charge in [-0.15, -0.1) is 0 Å². The molecule has 0 bridgehead atoms. The quantitative estimate of drug-likeness (QED) is 0.759. The average Bonchev–Trinajstić information content (AvgIpc) is 2.76. The van der Waals surface area contributed by atoms with Crippen LogP contribution in [0.3, 0.4) is 0 Å². The zero-order valence-electron chi connectivity index (χ0n) is 11.2. The molecular weight excluding hydrogens is 196 g/mol. The topological polar surface area (TPSA) is 20.2 Å². The van der Waals surface area contributed by atoms with Gasteiger partial charge in [-0.05, 0) is 36.5 Å². The highest BCUT2D eigenvalue weighted by Gasteiger charge is 2.11. The first kappa shape index (κ1) is 14.9. The Kier molecular flexibility index (Phi) is 7.57. The van der Waals surface area contributed by atoms with E-state index < -0.39 is 0 Å². The second-order valence-corrected chi connectivity index (χ2v) is 3.45.